The lowest BCUT2D eigenvalue weighted by Gasteiger charge is -2.32. The predicted octanol–water partition coefficient (Wildman–Crippen LogP) is 3.11. The molecule has 1 atom stereocenters. The van der Waals surface area contributed by atoms with Gasteiger partial charge >= 0.3 is 6.18 Å². The second-order valence-electron chi connectivity index (χ2n) is 7.34. The van der Waals surface area contributed by atoms with Crippen molar-refractivity contribution in [2.75, 3.05) is 17.2 Å². The lowest BCUT2D eigenvalue weighted by Crippen LogP contribution is -2.43. The minimum absolute atomic E-state index is 0. The number of fused-ring (bicyclic) bond motifs is 1. The molecule has 1 aliphatic rings. The van der Waals surface area contributed by atoms with Gasteiger partial charge in [0.2, 0.25) is 0 Å². The first-order chi connectivity index (χ1) is 15.2. The fourth-order valence-corrected chi connectivity index (χ4v) is 3.50. The number of carbonyl (C=O) groups excluding carboxylic acids is 1. The zero-order chi connectivity index (χ0) is 23.0. The average molecular weight is 475 g/mol. The van der Waals surface area contributed by atoms with E-state index in [0.29, 0.717) is 22.4 Å². The fourth-order valence-electron chi connectivity index (χ4n) is 3.50. The summed E-state index contributed by atoms with van der Waals surface area (Å²) in [7, 11) is 0. The van der Waals surface area contributed by atoms with Crippen molar-refractivity contribution in [3.8, 4) is 11.8 Å². The van der Waals surface area contributed by atoms with Crippen molar-refractivity contribution in [2.24, 2.45) is 0 Å². The molecule has 3 aromatic rings. The summed E-state index contributed by atoms with van der Waals surface area (Å²) in [6, 6.07) is 5.75. The van der Waals surface area contributed by atoms with Crippen LogP contribution >= 0.6 is 13.5 Å². The summed E-state index contributed by atoms with van der Waals surface area (Å²) in [6.07, 6.45) is -1.55. The summed E-state index contributed by atoms with van der Waals surface area (Å²) in [5.74, 6) is 5.61. The summed E-state index contributed by atoms with van der Waals surface area (Å²) in [6.45, 7) is 1.83. The Balaban J connectivity index is 0.00000306. The highest BCUT2D eigenvalue weighted by Gasteiger charge is 2.34. The molecule has 4 rings (SSSR count). The summed E-state index contributed by atoms with van der Waals surface area (Å²) in [5.41, 5.74) is 6.75. The van der Waals surface area contributed by atoms with E-state index in [9.17, 15) is 23.1 Å². The van der Waals surface area contributed by atoms with Gasteiger partial charge in [-0.15, -0.1) is 0 Å². The van der Waals surface area contributed by atoms with Gasteiger partial charge in [0.25, 0.3) is 5.91 Å². The Kier molecular flexibility index (Phi) is 6.71. The number of hydrogen-bond donors (Lipinski definition) is 2. The number of benzene rings is 1. The Hall–Kier alpha value is -3.49. The first-order valence-corrected chi connectivity index (χ1v) is 9.63. The minimum Gasteiger partial charge on any atom is -0.392 e. The Morgan fingerprint density at radius 1 is 1.18 bits per heavy atom. The number of nitrogen functional groups attached to an aromatic ring is 1. The van der Waals surface area contributed by atoms with Crippen LogP contribution in [0, 0.1) is 11.8 Å². The number of pyridine rings is 1. The molecule has 0 aliphatic carbocycles. The molecule has 0 saturated heterocycles. The number of alkyl halides is 3. The number of halogens is 3. The molecule has 7 nitrogen and oxygen atoms in total. The van der Waals surface area contributed by atoms with Crippen LogP contribution in [0.3, 0.4) is 0 Å². The number of amides is 1. The highest BCUT2D eigenvalue weighted by atomic mass is 32.1. The molecule has 3 N–H and O–H groups in total. The van der Waals surface area contributed by atoms with Crippen molar-refractivity contribution >= 4 is 30.9 Å². The van der Waals surface area contributed by atoms with Crippen molar-refractivity contribution in [1.29, 1.82) is 0 Å². The van der Waals surface area contributed by atoms with Crippen LogP contribution in [-0.2, 0) is 12.8 Å². The second kappa shape index (κ2) is 9.17. The monoisotopic (exact) mass is 475 g/mol. The van der Waals surface area contributed by atoms with Crippen molar-refractivity contribution in [2.45, 2.75) is 25.7 Å². The van der Waals surface area contributed by atoms with Gasteiger partial charge in [-0.1, -0.05) is 11.8 Å². The van der Waals surface area contributed by atoms with Crippen LogP contribution in [0.1, 0.15) is 45.7 Å². The van der Waals surface area contributed by atoms with E-state index in [-0.39, 0.29) is 44.2 Å². The molecule has 0 saturated carbocycles. The summed E-state index contributed by atoms with van der Waals surface area (Å²) >= 11 is 0. The topological polar surface area (TPSA) is 97.3 Å². The van der Waals surface area contributed by atoms with Crippen molar-refractivity contribution in [3.05, 3.63) is 70.7 Å². The maximum Gasteiger partial charge on any atom is 0.416 e. The molecule has 1 amide bonds. The molecule has 1 aromatic carbocycles. The standard InChI is InChI=1S/C22H18F3N5O2.H2S/c1-13-11-29(18-6-4-17(5-7-18)22(23,24)25)21(32)20-15(10-28-30(13)20)3-2-14-9-27-19(26)8-16(14)12-31;/h4-10,13,31H,11-12H2,1H3,(H2,26,27);1H2/t13-;/m0./s1. The third-order valence-corrected chi connectivity index (χ3v) is 5.13. The number of nitrogens with two attached hydrogens (primary N) is 1. The summed E-state index contributed by atoms with van der Waals surface area (Å²) < 4.78 is 40.2. The molecule has 3 heterocycles. The van der Waals surface area contributed by atoms with Crippen LogP contribution in [0.15, 0.2) is 42.7 Å². The van der Waals surface area contributed by atoms with Crippen LogP contribution in [0.5, 0.6) is 0 Å². The number of anilines is 2. The van der Waals surface area contributed by atoms with E-state index < -0.39 is 17.6 Å². The van der Waals surface area contributed by atoms with Crippen LogP contribution in [0.2, 0.25) is 0 Å². The van der Waals surface area contributed by atoms with Crippen LogP contribution < -0.4 is 10.6 Å². The molecule has 0 bridgehead atoms. The molecular weight excluding hydrogens is 455 g/mol. The maximum atomic E-state index is 13.2. The Labute approximate surface area is 194 Å². The highest BCUT2D eigenvalue weighted by molar-refractivity contribution is 7.59. The number of carbonyl (C=O) groups is 1. The first-order valence-electron chi connectivity index (χ1n) is 9.63. The van der Waals surface area contributed by atoms with Gasteiger partial charge in [0.15, 0.2) is 0 Å². The lowest BCUT2D eigenvalue weighted by molar-refractivity contribution is -0.137. The maximum absolute atomic E-state index is 13.2. The van der Waals surface area contributed by atoms with Gasteiger partial charge in [-0.2, -0.15) is 31.8 Å². The summed E-state index contributed by atoms with van der Waals surface area (Å²) in [5, 5.41) is 13.8. The quantitative estimate of drug-likeness (QED) is 0.555. The fraction of sp³-hybridized carbons (Fsp3) is 0.227. The van der Waals surface area contributed by atoms with E-state index in [4.69, 9.17) is 5.73 Å². The van der Waals surface area contributed by atoms with Gasteiger partial charge < -0.3 is 15.7 Å². The van der Waals surface area contributed by atoms with Gasteiger partial charge in [0.1, 0.15) is 11.5 Å². The molecular formula is C22H20F3N5O2S. The number of aliphatic hydroxyl groups is 1. The third kappa shape index (κ3) is 4.67. The molecule has 2 aromatic heterocycles. The van der Waals surface area contributed by atoms with Crippen molar-refractivity contribution in [1.82, 2.24) is 14.8 Å². The van der Waals surface area contributed by atoms with Crippen LogP contribution in [-0.4, -0.2) is 32.3 Å². The molecule has 1 aliphatic heterocycles. The van der Waals surface area contributed by atoms with Crippen molar-refractivity contribution in [3.63, 3.8) is 0 Å². The zero-order valence-corrected chi connectivity index (χ0v) is 18.4. The molecule has 172 valence electrons. The van der Waals surface area contributed by atoms with E-state index in [1.54, 1.807) is 4.68 Å². The smallest absolute Gasteiger partial charge is 0.392 e. The number of rotatable bonds is 2. The van der Waals surface area contributed by atoms with E-state index >= 15 is 0 Å². The number of aromatic nitrogens is 3. The van der Waals surface area contributed by atoms with Crippen LogP contribution in [0.25, 0.3) is 0 Å². The molecule has 0 fully saturated rings. The molecule has 11 heteroatoms. The lowest BCUT2D eigenvalue weighted by atomic mass is 10.1. The molecule has 33 heavy (non-hydrogen) atoms. The summed E-state index contributed by atoms with van der Waals surface area (Å²) in [4.78, 5) is 18.6. The highest BCUT2D eigenvalue weighted by Crippen LogP contribution is 2.32. The third-order valence-electron chi connectivity index (χ3n) is 5.13. The normalized spacial score (nSPS) is 15.4. The van der Waals surface area contributed by atoms with E-state index in [1.165, 1.54) is 35.5 Å². The molecule has 0 spiro atoms. The minimum atomic E-state index is -4.45. The van der Waals surface area contributed by atoms with E-state index in [0.717, 1.165) is 12.1 Å². The van der Waals surface area contributed by atoms with Gasteiger partial charge in [0, 0.05) is 24.0 Å². The number of nitrogens with zero attached hydrogens (tertiary/aromatic N) is 4. The Bertz CT molecular complexity index is 1250. The Morgan fingerprint density at radius 3 is 2.48 bits per heavy atom. The van der Waals surface area contributed by atoms with Gasteiger partial charge in [-0.3, -0.25) is 9.48 Å². The SMILES string of the molecule is C[C@H]1CN(c2ccc(C(F)(F)F)cc2)C(=O)c2c(C#Cc3cnc(N)cc3CO)cnn21.S. The molecule has 0 unspecified atom stereocenters. The first kappa shape index (κ1) is 24.2. The van der Waals surface area contributed by atoms with Crippen LogP contribution in [0.4, 0.5) is 24.7 Å². The average Bonchev–Trinajstić information content (AvgIpc) is 3.20. The number of hydrogen-bond acceptors (Lipinski definition) is 5. The van der Waals surface area contributed by atoms with E-state index in [1.807, 2.05) is 6.92 Å². The van der Waals surface area contributed by atoms with Gasteiger partial charge in [0.05, 0.1) is 30.0 Å². The number of aliphatic hydroxyl groups excluding tert-OH is 1. The van der Waals surface area contributed by atoms with Gasteiger partial charge in [-0.25, -0.2) is 4.98 Å². The molecule has 0 radical (unpaired) electrons. The predicted molar refractivity (Wildman–Crippen MR) is 121 cm³/mol. The van der Waals surface area contributed by atoms with Crippen molar-refractivity contribution < 1.29 is 23.1 Å². The van der Waals surface area contributed by atoms with E-state index in [2.05, 4.69) is 21.9 Å². The largest absolute Gasteiger partial charge is 0.416 e. The second-order valence-corrected chi connectivity index (χ2v) is 7.34. The van der Waals surface area contributed by atoms with Gasteiger partial charge in [-0.05, 0) is 42.8 Å². The zero-order valence-electron chi connectivity index (χ0n) is 17.4. The Morgan fingerprint density at radius 2 is 1.85 bits per heavy atom.